The predicted molar refractivity (Wildman–Crippen MR) is 95.1 cm³/mol. The van der Waals surface area contributed by atoms with Crippen LogP contribution in [0.5, 0.6) is 5.75 Å². The summed E-state index contributed by atoms with van der Waals surface area (Å²) in [6.45, 7) is 3.40. The van der Waals surface area contributed by atoms with Crippen LogP contribution in [0.4, 0.5) is 0 Å². The van der Waals surface area contributed by atoms with Crippen molar-refractivity contribution in [2.24, 2.45) is 0 Å². The van der Waals surface area contributed by atoms with Gasteiger partial charge in [0, 0.05) is 6.07 Å². The molecule has 2 aromatic rings. The van der Waals surface area contributed by atoms with Crippen LogP contribution in [0.25, 0.3) is 0 Å². The van der Waals surface area contributed by atoms with Crippen molar-refractivity contribution in [1.29, 1.82) is 0 Å². The molecular formula is C16H11Cl3O4S. The van der Waals surface area contributed by atoms with Crippen LogP contribution in [0.3, 0.4) is 0 Å². The number of hydrogen-bond donors (Lipinski definition) is 0. The number of sulfone groups is 1. The van der Waals surface area contributed by atoms with E-state index in [1.54, 1.807) is 0 Å². The van der Waals surface area contributed by atoms with Crippen molar-refractivity contribution in [2.75, 3.05) is 5.75 Å². The molecule has 0 heterocycles. The van der Waals surface area contributed by atoms with E-state index in [0.29, 0.717) is 0 Å². The maximum atomic E-state index is 12.1. The standard InChI is InChI=1S/C16H11Cl3O4S/c1-2-7-24(21,22)11-5-3-10(4-6-11)16(20)23-15-9-13(18)12(17)8-14(15)19/h2-6,8-9H,1,7H2. The minimum Gasteiger partial charge on any atom is -0.421 e. The highest BCUT2D eigenvalue weighted by atomic mass is 35.5. The van der Waals surface area contributed by atoms with E-state index in [-0.39, 0.29) is 37.0 Å². The van der Waals surface area contributed by atoms with Crippen LogP contribution in [0, 0.1) is 0 Å². The van der Waals surface area contributed by atoms with Crippen molar-refractivity contribution in [1.82, 2.24) is 0 Å². The van der Waals surface area contributed by atoms with Gasteiger partial charge in [-0.05, 0) is 30.3 Å². The van der Waals surface area contributed by atoms with E-state index in [9.17, 15) is 13.2 Å². The zero-order chi connectivity index (χ0) is 17.9. The second-order valence-electron chi connectivity index (χ2n) is 4.68. The minimum absolute atomic E-state index is 0.0550. The SMILES string of the molecule is C=CCS(=O)(=O)c1ccc(C(=O)Oc2cc(Cl)c(Cl)cc2Cl)cc1. The van der Waals surface area contributed by atoms with E-state index >= 15 is 0 Å². The van der Waals surface area contributed by atoms with Crippen molar-refractivity contribution >= 4 is 50.6 Å². The molecule has 0 saturated heterocycles. The quantitative estimate of drug-likeness (QED) is 0.309. The first kappa shape index (κ1) is 18.8. The summed E-state index contributed by atoms with van der Waals surface area (Å²) in [7, 11) is -3.45. The lowest BCUT2D eigenvalue weighted by Gasteiger charge is -2.08. The van der Waals surface area contributed by atoms with E-state index in [0.717, 1.165) is 0 Å². The first-order valence-corrected chi connectivity index (χ1v) is 9.33. The summed E-state index contributed by atoms with van der Waals surface area (Å²) in [5.74, 6) is -0.835. The largest absolute Gasteiger partial charge is 0.421 e. The summed E-state index contributed by atoms with van der Waals surface area (Å²) in [5, 5.41) is 0.552. The van der Waals surface area contributed by atoms with Gasteiger partial charge in [-0.1, -0.05) is 40.9 Å². The highest BCUT2D eigenvalue weighted by molar-refractivity contribution is 7.91. The van der Waals surface area contributed by atoms with E-state index in [2.05, 4.69) is 6.58 Å². The Morgan fingerprint density at radius 1 is 1.04 bits per heavy atom. The molecule has 0 bridgehead atoms. The van der Waals surface area contributed by atoms with Gasteiger partial charge in [0.1, 0.15) is 0 Å². The van der Waals surface area contributed by atoms with Crippen LogP contribution >= 0.6 is 34.8 Å². The summed E-state index contributed by atoms with van der Waals surface area (Å²) in [5.41, 5.74) is 0.162. The van der Waals surface area contributed by atoms with Crippen molar-refractivity contribution in [3.8, 4) is 5.75 Å². The topological polar surface area (TPSA) is 60.4 Å². The van der Waals surface area contributed by atoms with Gasteiger partial charge in [-0.25, -0.2) is 13.2 Å². The van der Waals surface area contributed by atoms with Gasteiger partial charge in [0.05, 0.1) is 31.3 Å². The molecule has 0 radical (unpaired) electrons. The first-order chi connectivity index (χ1) is 11.2. The summed E-state index contributed by atoms with van der Waals surface area (Å²) in [6, 6.07) is 8.04. The number of ether oxygens (including phenoxy) is 1. The third-order valence-electron chi connectivity index (χ3n) is 2.96. The molecule has 0 fully saturated rings. The first-order valence-electron chi connectivity index (χ1n) is 6.55. The van der Waals surface area contributed by atoms with Crippen LogP contribution in [0.15, 0.2) is 53.9 Å². The molecule has 0 spiro atoms. The molecular weight excluding hydrogens is 395 g/mol. The molecule has 126 valence electrons. The summed E-state index contributed by atoms with van der Waals surface area (Å²) >= 11 is 17.6. The summed E-state index contributed by atoms with van der Waals surface area (Å²) in [4.78, 5) is 12.2. The van der Waals surface area contributed by atoms with Gasteiger partial charge in [-0.2, -0.15) is 0 Å². The van der Waals surface area contributed by atoms with Crippen LogP contribution in [-0.2, 0) is 9.84 Å². The number of benzene rings is 2. The second-order valence-corrected chi connectivity index (χ2v) is 7.94. The number of hydrogen-bond acceptors (Lipinski definition) is 4. The summed E-state index contributed by atoms with van der Waals surface area (Å²) < 4.78 is 28.9. The molecule has 24 heavy (non-hydrogen) atoms. The van der Waals surface area contributed by atoms with Crippen LogP contribution in [-0.4, -0.2) is 20.1 Å². The average molecular weight is 406 g/mol. The molecule has 0 aliphatic carbocycles. The maximum absolute atomic E-state index is 12.1. The molecule has 8 heteroatoms. The minimum atomic E-state index is -3.45. The van der Waals surface area contributed by atoms with Crippen molar-refractivity contribution in [3.05, 3.63) is 69.7 Å². The fraction of sp³-hybridized carbons (Fsp3) is 0.0625. The highest BCUT2D eigenvalue weighted by Crippen LogP contribution is 2.34. The Hall–Kier alpha value is -1.53. The smallest absolute Gasteiger partial charge is 0.343 e. The Kier molecular flexibility index (Phi) is 5.93. The molecule has 0 aliphatic heterocycles. The molecule has 0 amide bonds. The van der Waals surface area contributed by atoms with E-state index in [4.69, 9.17) is 39.5 Å². The van der Waals surface area contributed by atoms with Crippen LogP contribution < -0.4 is 4.74 Å². The van der Waals surface area contributed by atoms with E-state index in [1.807, 2.05) is 0 Å². The Morgan fingerprint density at radius 2 is 1.62 bits per heavy atom. The van der Waals surface area contributed by atoms with Gasteiger partial charge in [0.25, 0.3) is 0 Å². The second kappa shape index (κ2) is 7.57. The fourth-order valence-corrected chi connectivity index (χ4v) is 3.42. The van der Waals surface area contributed by atoms with Crippen molar-refractivity contribution in [2.45, 2.75) is 4.90 Å². The highest BCUT2D eigenvalue weighted by Gasteiger charge is 2.16. The number of carbonyl (C=O) groups is 1. The lowest BCUT2D eigenvalue weighted by Crippen LogP contribution is -2.10. The van der Waals surface area contributed by atoms with Crippen molar-refractivity contribution in [3.63, 3.8) is 0 Å². The van der Waals surface area contributed by atoms with Gasteiger partial charge >= 0.3 is 5.97 Å². The van der Waals surface area contributed by atoms with Gasteiger partial charge in [0.2, 0.25) is 0 Å². The number of carbonyl (C=O) groups excluding carboxylic acids is 1. The van der Waals surface area contributed by atoms with E-state index < -0.39 is 15.8 Å². The van der Waals surface area contributed by atoms with Crippen molar-refractivity contribution < 1.29 is 17.9 Å². The van der Waals surface area contributed by atoms with Crippen LogP contribution in [0.2, 0.25) is 15.1 Å². The number of halogens is 3. The molecule has 0 N–H and O–H groups in total. The Morgan fingerprint density at radius 3 is 2.21 bits per heavy atom. The van der Waals surface area contributed by atoms with Gasteiger partial charge in [-0.3, -0.25) is 0 Å². The van der Waals surface area contributed by atoms with Gasteiger partial charge in [-0.15, -0.1) is 6.58 Å². The predicted octanol–water partition coefficient (Wildman–Crippen LogP) is 4.83. The maximum Gasteiger partial charge on any atom is 0.343 e. The monoisotopic (exact) mass is 404 g/mol. The van der Waals surface area contributed by atoms with Gasteiger partial charge < -0.3 is 4.74 Å². The Balaban J connectivity index is 2.22. The molecule has 2 aromatic carbocycles. The zero-order valence-corrected chi connectivity index (χ0v) is 15.2. The molecule has 0 aliphatic rings. The van der Waals surface area contributed by atoms with E-state index in [1.165, 1.54) is 42.5 Å². The Bertz CT molecular complexity index is 890. The fourth-order valence-electron chi connectivity index (χ4n) is 1.79. The number of esters is 1. The third-order valence-corrected chi connectivity index (χ3v) is 5.65. The number of rotatable bonds is 5. The molecule has 0 unspecified atom stereocenters. The average Bonchev–Trinajstić information content (AvgIpc) is 2.52. The molecule has 0 aromatic heterocycles. The van der Waals surface area contributed by atoms with Gasteiger partial charge in [0.15, 0.2) is 15.6 Å². The van der Waals surface area contributed by atoms with Crippen LogP contribution in [0.1, 0.15) is 10.4 Å². The molecule has 0 saturated carbocycles. The zero-order valence-electron chi connectivity index (χ0n) is 12.1. The summed E-state index contributed by atoms with van der Waals surface area (Å²) in [6.07, 6.45) is 1.30. The lowest BCUT2D eigenvalue weighted by molar-refractivity contribution is 0.0735. The Labute approximate surface area is 154 Å². The molecule has 4 nitrogen and oxygen atoms in total. The molecule has 0 atom stereocenters. The molecule has 2 rings (SSSR count). The lowest BCUT2D eigenvalue weighted by atomic mass is 10.2. The normalized spacial score (nSPS) is 11.1. The third kappa shape index (κ3) is 4.30.